The van der Waals surface area contributed by atoms with Crippen molar-refractivity contribution in [1.29, 1.82) is 0 Å². The molecule has 31 heavy (non-hydrogen) atoms. The lowest BCUT2D eigenvalue weighted by Crippen LogP contribution is -2.55. The molecule has 0 aliphatic carbocycles. The molecule has 2 amide bonds. The molecule has 0 fully saturated rings. The molecule has 9 nitrogen and oxygen atoms in total. The average Bonchev–Trinajstić information content (AvgIpc) is 2.76. The third-order valence-corrected chi connectivity index (χ3v) is 4.98. The van der Waals surface area contributed by atoms with E-state index >= 15 is 0 Å². The molecule has 9 heteroatoms. The van der Waals surface area contributed by atoms with E-state index in [9.17, 15) is 24.3 Å². The van der Waals surface area contributed by atoms with Gasteiger partial charge < -0.3 is 20.3 Å². The molecule has 2 atom stereocenters. The lowest BCUT2D eigenvalue weighted by Gasteiger charge is -2.35. The first-order valence-electron chi connectivity index (χ1n) is 9.64. The predicted octanol–water partition coefficient (Wildman–Crippen LogP) is 1.79. The molecule has 0 aromatic heterocycles. The fourth-order valence-electron chi connectivity index (χ4n) is 3.39. The van der Waals surface area contributed by atoms with Gasteiger partial charge >= 0.3 is 18.0 Å². The smallest absolute Gasteiger partial charge is 0.411 e. The lowest BCUT2D eigenvalue weighted by atomic mass is 9.93. The van der Waals surface area contributed by atoms with E-state index < -0.39 is 42.4 Å². The van der Waals surface area contributed by atoms with Crippen LogP contribution in [0.4, 0.5) is 4.79 Å². The summed E-state index contributed by atoms with van der Waals surface area (Å²) in [4.78, 5) is 49.2. The number of carboxylic acid groups (broad SMARTS) is 2. The molecule has 1 aliphatic heterocycles. The van der Waals surface area contributed by atoms with E-state index in [1.54, 1.807) is 12.1 Å². The van der Waals surface area contributed by atoms with Gasteiger partial charge in [0.25, 0.3) is 0 Å². The summed E-state index contributed by atoms with van der Waals surface area (Å²) >= 11 is 0. The summed E-state index contributed by atoms with van der Waals surface area (Å²) in [5.41, 5.74) is 2.48. The lowest BCUT2D eigenvalue weighted by molar-refractivity contribution is -0.147. The summed E-state index contributed by atoms with van der Waals surface area (Å²) in [7, 11) is 0. The monoisotopic (exact) mass is 426 g/mol. The fourth-order valence-corrected chi connectivity index (χ4v) is 3.39. The number of carboxylic acids is 2. The van der Waals surface area contributed by atoms with Crippen LogP contribution < -0.4 is 5.32 Å². The molecule has 0 saturated carbocycles. The van der Waals surface area contributed by atoms with Gasteiger partial charge in [-0.1, -0.05) is 54.6 Å². The zero-order chi connectivity index (χ0) is 22.4. The number of ether oxygens (including phenoxy) is 1. The Kier molecular flexibility index (Phi) is 6.86. The molecule has 3 N–H and O–H groups in total. The molecule has 0 radical (unpaired) electrons. The molecule has 0 bridgehead atoms. The van der Waals surface area contributed by atoms with Gasteiger partial charge in [-0.25, -0.2) is 9.59 Å². The van der Waals surface area contributed by atoms with Crippen LogP contribution in [0.2, 0.25) is 0 Å². The largest absolute Gasteiger partial charge is 0.481 e. The van der Waals surface area contributed by atoms with Gasteiger partial charge in [0, 0.05) is 6.42 Å². The third-order valence-electron chi connectivity index (χ3n) is 4.98. The van der Waals surface area contributed by atoms with Gasteiger partial charge in [-0.2, -0.15) is 0 Å². The van der Waals surface area contributed by atoms with Crippen LogP contribution in [0.15, 0.2) is 54.6 Å². The van der Waals surface area contributed by atoms with Crippen LogP contribution in [-0.4, -0.2) is 51.1 Å². The first-order valence-corrected chi connectivity index (χ1v) is 9.64. The predicted molar refractivity (Wildman–Crippen MR) is 108 cm³/mol. The van der Waals surface area contributed by atoms with Crippen LogP contribution >= 0.6 is 0 Å². The number of rotatable bonds is 7. The molecule has 2 aromatic rings. The summed E-state index contributed by atoms with van der Waals surface area (Å²) in [6, 6.07) is 13.7. The molecule has 0 unspecified atom stereocenters. The minimum atomic E-state index is -1.61. The van der Waals surface area contributed by atoms with Crippen molar-refractivity contribution in [1.82, 2.24) is 10.2 Å². The van der Waals surface area contributed by atoms with E-state index in [1.165, 1.54) is 4.90 Å². The van der Waals surface area contributed by atoms with Crippen molar-refractivity contribution in [3.8, 4) is 0 Å². The summed E-state index contributed by atoms with van der Waals surface area (Å²) in [6.45, 7) is 0.126. The Hall–Kier alpha value is -3.88. The van der Waals surface area contributed by atoms with Gasteiger partial charge in [0.15, 0.2) is 0 Å². The van der Waals surface area contributed by atoms with Gasteiger partial charge in [0.05, 0.1) is 13.0 Å². The van der Waals surface area contributed by atoms with E-state index in [4.69, 9.17) is 9.84 Å². The number of hydrogen-bond acceptors (Lipinski definition) is 5. The van der Waals surface area contributed by atoms with Crippen LogP contribution in [0, 0.1) is 0 Å². The molecular weight excluding hydrogens is 404 g/mol. The Bertz CT molecular complexity index is 977. The first kappa shape index (κ1) is 21.8. The Morgan fingerprint density at radius 1 is 1.00 bits per heavy atom. The van der Waals surface area contributed by atoms with Crippen molar-refractivity contribution in [3.63, 3.8) is 0 Å². The van der Waals surface area contributed by atoms with Crippen molar-refractivity contribution < 1.29 is 34.1 Å². The third kappa shape index (κ3) is 5.59. The Balaban J connectivity index is 1.78. The second kappa shape index (κ2) is 9.75. The maximum Gasteiger partial charge on any atom is 0.411 e. The van der Waals surface area contributed by atoms with Gasteiger partial charge in [-0.15, -0.1) is 0 Å². The second-order valence-electron chi connectivity index (χ2n) is 7.15. The minimum Gasteiger partial charge on any atom is -0.481 e. The van der Waals surface area contributed by atoms with Gasteiger partial charge in [0.2, 0.25) is 5.91 Å². The minimum absolute atomic E-state index is 0.0168. The second-order valence-corrected chi connectivity index (χ2v) is 7.15. The maximum absolute atomic E-state index is 12.9. The maximum atomic E-state index is 12.9. The van der Waals surface area contributed by atoms with Crippen molar-refractivity contribution in [2.45, 2.75) is 38.1 Å². The average molecular weight is 426 g/mol. The van der Waals surface area contributed by atoms with Crippen molar-refractivity contribution in [2.75, 3.05) is 0 Å². The molecule has 0 spiro atoms. The summed E-state index contributed by atoms with van der Waals surface area (Å²) < 4.78 is 5.38. The molecule has 2 aromatic carbocycles. The molecule has 3 rings (SSSR count). The number of carbonyl (C=O) groups excluding carboxylic acids is 2. The highest BCUT2D eigenvalue weighted by atomic mass is 16.6. The van der Waals surface area contributed by atoms with Crippen molar-refractivity contribution in [3.05, 3.63) is 71.3 Å². The molecule has 1 aliphatic rings. The Labute approximate surface area is 178 Å². The van der Waals surface area contributed by atoms with Crippen LogP contribution in [-0.2, 0) is 38.7 Å². The first-order chi connectivity index (χ1) is 14.8. The number of amides is 2. The number of carbonyl (C=O) groups is 4. The molecule has 162 valence electrons. The van der Waals surface area contributed by atoms with Gasteiger partial charge in [-0.3, -0.25) is 14.5 Å². The van der Waals surface area contributed by atoms with E-state index in [1.807, 2.05) is 42.5 Å². The van der Waals surface area contributed by atoms with Crippen molar-refractivity contribution >= 4 is 23.9 Å². The number of hydrogen-bond donors (Lipinski definition) is 3. The van der Waals surface area contributed by atoms with E-state index in [2.05, 4.69) is 5.32 Å². The fraction of sp³-hybridized carbons (Fsp3) is 0.273. The number of fused-ring (bicyclic) bond motifs is 1. The molecule has 1 heterocycles. The standard InChI is InChI=1S/C22H22N2O7/c25-19(26)11-17(21(28)29)23-20(27)18-10-15-8-4-5-9-16(15)12-24(18)22(30)31-13-14-6-2-1-3-7-14/h1-9,17-18H,10-13H2,(H,23,27)(H,25,26)(H,28,29)/t17-,18-/m0/s1. The summed E-state index contributed by atoms with van der Waals surface area (Å²) in [5, 5.41) is 20.4. The van der Waals surface area contributed by atoms with Crippen molar-refractivity contribution in [2.24, 2.45) is 0 Å². The van der Waals surface area contributed by atoms with E-state index in [-0.39, 0.29) is 19.6 Å². The quantitative estimate of drug-likeness (QED) is 0.615. The number of nitrogens with one attached hydrogen (secondary N) is 1. The SMILES string of the molecule is O=C(O)C[C@H](NC(=O)[C@@H]1Cc2ccccc2CN1C(=O)OCc1ccccc1)C(=O)O. The zero-order valence-corrected chi connectivity index (χ0v) is 16.6. The zero-order valence-electron chi connectivity index (χ0n) is 16.6. The van der Waals surface area contributed by atoms with Crippen LogP contribution in [0.5, 0.6) is 0 Å². The van der Waals surface area contributed by atoms with Crippen LogP contribution in [0.1, 0.15) is 23.1 Å². The number of benzene rings is 2. The molecular formula is C22H22N2O7. The highest BCUT2D eigenvalue weighted by Crippen LogP contribution is 2.24. The highest BCUT2D eigenvalue weighted by Gasteiger charge is 2.37. The summed E-state index contributed by atoms with van der Waals surface area (Å²) in [6.07, 6.45) is -1.34. The number of aliphatic carboxylic acids is 2. The van der Waals surface area contributed by atoms with Crippen LogP contribution in [0.3, 0.4) is 0 Å². The molecule has 0 saturated heterocycles. The Morgan fingerprint density at radius 2 is 1.65 bits per heavy atom. The number of nitrogens with zero attached hydrogens (tertiary/aromatic N) is 1. The Morgan fingerprint density at radius 3 is 2.29 bits per heavy atom. The highest BCUT2D eigenvalue weighted by molar-refractivity contribution is 5.91. The van der Waals surface area contributed by atoms with Gasteiger partial charge in [0.1, 0.15) is 18.7 Å². The normalized spacial score (nSPS) is 16.0. The summed E-state index contributed by atoms with van der Waals surface area (Å²) in [5.74, 6) is -3.58. The topological polar surface area (TPSA) is 133 Å². The van der Waals surface area contributed by atoms with E-state index in [0.717, 1.165) is 16.7 Å². The van der Waals surface area contributed by atoms with E-state index in [0.29, 0.717) is 0 Å². The van der Waals surface area contributed by atoms with Crippen LogP contribution in [0.25, 0.3) is 0 Å². The van der Waals surface area contributed by atoms with Gasteiger partial charge in [-0.05, 0) is 16.7 Å².